The maximum atomic E-state index is 11.1. The first kappa shape index (κ1) is 21.1. The van der Waals surface area contributed by atoms with Crippen molar-refractivity contribution in [1.29, 1.82) is 0 Å². The number of aliphatic hydroxyl groups excluding tert-OH is 1. The van der Waals surface area contributed by atoms with E-state index in [2.05, 4.69) is 6.92 Å². The molecule has 0 amide bonds. The Hall–Kier alpha value is 0.0600. The molecule has 2 unspecified atom stereocenters. The van der Waals surface area contributed by atoms with Gasteiger partial charge in [0.25, 0.3) is 0 Å². The lowest BCUT2D eigenvalue weighted by Crippen LogP contribution is -2.30. The predicted octanol–water partition coefficient (Wildman–Crippen LogP) is 6.51. The molecule has 21 heavy (non-hydrogen) atoms. The van der Waals surface area contributed by atoms with Crippen molar-refractivity contribution in [2.45, 2.75) is 116 Å². The average molecular weight is 316 g/mol. The van der Waals surface area contributed by atoms with Gasteiger partial charge in [0.05, 0.1) is 11.3 Å². The van der Waals surface area contributed by atoms with Crippen molar-refractivity contribution in [1.82, 2.24) is 0 Å². The maximum absolute atomic E-state index is 11.1. The van der Waals surface area contributed by atoms with Crippen LogP contribution in [0.1, 0.15) is 104 Å². The minimum absolute atomic E-state index is 0.0784. The number of hydrogen-bond donors (Lipinski definition) is 1. The average Bonchev–Trinajstić information content (AvgIpc) is 2.47. The van der Waals surface area contributed by atoms with Crippen molar-refractivity contribution in [3.8, 4) is 0 Å². The van der Waals surface area contributed by atoms with Gasteiger partial charge in [-0.25, -0.2) is 0 Å². The molecule has 0 heterocycles. The second-order valence-electron chi connectivity index (χ2n) is 6.76. The summed E-state index contributed by atoms with van der Waals surface area (Å²) in [4.78, 5) is 0. The Morgan fingerprint density at radius 3 is 1.57 bits per heavy atom. The molecule has 0 aliphatic rings. The van der Waals surface area contributed by atoms with Crippen molar-refractivity contribution in [3.63, 3.8) is 0 Å². The summed E-state index contributed by atoms with van der Waals surface area (Å²) in [7, 11) is 0.0784. The zero-order chi connectivity index (χ0) is 16.0. The molecule has 0 rings (SSSR count). The van der Waals surface area contributed by atoms with Crippen LogP contribution in [0, 0.1) is 0 Å². The van der Waals surface area contributed by atoms with Crippen LogP contribution in [0.5, 0.6) is 0 Å². The molecule has 0 aliphatic carbocycles. The first-order valence-electron chi connectivity index (χ1n) is 9.09. The minimum Gasteiger partial charge on any atom is -0.392 e. The highest BCUT2D eigenvalue weighted by Crippen LogP contribution is 2.32. The van der Waals surface area contributed by atoms with Gasteiger partial charge in [-0.05, 0) is 20.3 Å². The summed E-state index contributed by atoms with van der Waals surface area (Å²) in [5.74, 6) is 0. The SMILES string of the molecule is CCCCCCCCCCCCCCC(C)(P=O)C(C)O. The monoisotopic (exact) mass is 316 g/mol. The second kappa shape index (κ2) is 13.7. The van der Waals surface area contributed by atoms with Gasteiger partial charge in [0.1, 0.15) is 0 Å². The van der Waals surface area contributed by atoms with E-state index in [-0.39, 0.29) is 8.46 Å². The van der Waals surface area contributed by atoms with Crippen LogP contribution >= 0.6 is 8.46 Å². The van der Waals surface area contributed by atoms with E-state index in [0.717, 1.165) is 12.8 Å². The lowest BCUT2D eigenvalue weighted by Gasteiger charge is -2.24. The summed E-state index contributed by atoms with van der Waals surface area (Å²) in [5.41, 5.74) is 0. The first-order chi connectivity index (χ1) is 10.1. The van der Waals surface area contributed by atoms with Gasteiger partial charge < -0.3 is 5.11 Å². The van der Waals surface area contributed by atoms with Gasteiger partial charge >= 0.3 is 0 Å². The van der Waals surface area contributed by atoms with Crippen LogP contribution < -0.4 is 0 Å². The summed E-state index contributed by atoms with van der Waals surface area (Å²) < 4.78 is 11.1. The third-order valence-electron chi connectivity index (χ3n) is 4.65. The Kier molecular flexibility index (Phi) is 13.7. The fourth-order valence-corrected chi connectivity index (χ4v) is 3.06. The van der Waals surface area contributed by atoms with E-state index in [1.807, 2.05) is 6.92 Å². The molecule has 1 N–H and O–H groups in total. The van der Waals surface area contributed by atoms with Gasteiger partial charge in [-0.15, -0.1) is 0 Å². The topological polar surface area (TPSA) is 37.3 Å². The molecule has 0 bridgehead atoms. The van der Waals surface area contributed by atoms with Crippen LogP contribution in [-0.2, 0) is 4.57 Å². The minimum atomic E-state index is -0.496. The summed E-state index contributed by atoms with van der Waals surface area (Å²) >= 11 is 0. The molecule has 0 spiro atoms. The van der Waals surface area contributed by atoms with E-state index < -0.39 is 11.3 Å². The Bertz CT molecular complexity index is 243. The van der Waals surface area contributed by atoms with Crippen molar-refractivity contribution < 1.29 is 9.67 Å². The third kappa shape index (κ3) is 11.3. The fourth-order valence-electron chi connectivity index (χ4n) is 2.65. The van der Waals surface area contributed by atoms with Gasteiger partial charge in [-0.3, -0.25) is 4.57 Å². The standard InChI is InChI=1S/C18H37O2P/c1-4-5-6-7-8-9-10-11-12-13-14-15-16-18(3,21-20)17(2)19/h17,19H,4-16H2,1-3H3. The zero-order valence-corrected chi connectivity index (χ0v) is 15.5. The Morgan fingerprint density at radius 2 is 1.24 bits per heavy atom. The van der Waals surface area contributed by atoms with Gasteiger partial charge in [0, 0.05) is 0 Å². The van der Waals surface area contributed by atoms with E-state index in [1.165, 1.54) is 70.6 Å². The maximum Gasteiger partial charge on any atom is 0.164 e. The number of rotatable bonds is 15. The van der Waals surface area contributed by atoms with E-state index in [0.29, 0.717) is 0 Å². The highest BCUT2D eigenvalue weighted by Gasteiger charge is 2.30. The van der Waals surface area contributed by atoms with Crippen LogP contribution in [-0.4, -0.2) is 16.4 Å². The molecule has 0 aliphatic heterocycles. The molecule has 0 aromatic carbocycles. The molecule has 0 aromatic rings. The van der Waals surface area contributed by atoms with Gasteiger partial charge in [0.15, 0.2) is 8.46 Å². The summed E-state index contributed by atoms with van der Waals surface area (Å²) in [6.07, 6.45) is 16.4. The molecular weight excluding hydrogens is 279 g/mol. The Balaban J connectivity index is 3.31. The Labute approximate surface area is 134 Å². The molecule has 0 saturated heterocycles. The number of unbranched alkanes of at least 4 members (excludes halogenated alkanes) is 11. The molecule has 0 fully saturated rings. The highest BCUT2D eigenvalue weighted by molar-refractivity contribution is 7.26. The molecule has 2 atom stereocenters. The Morgan fingerprint density at radius 1 is 0.857 bits per heavy atom. The second-order valence-corrected chi connectivity index (χ2v) is 7.97. The van der Waals surface area contributed by atoms with Gasteiger partial charge in [0.2, 0.25) is 0 Å². The van der Waals surface area contributed by atoms with Crippen molar-refractivity contribution in [3.05, 3.63) is 0 Å². The first-order valence-corrected chi connectivity index (χ1v) is 9.90. The van der Waals surface area contributed by atoms with Crippen LogP contribution in [0.25, 0.3) is 0 Å². The smallest absolute Gasteiger partial charge is 0.164 e. The zero-order valence-electron chi connectivity index (χ0n) is 14.6. The van der Waals surface area contributed by atoms with Gasteiger partial charge in [-0.2, -0.15) is 0 Å². The van der Waals surface area contributed by atoms with Crippen molar-refractivity contribution in [2.75, 3.05) is 0 Å². The van der Waals surface area contributed by atoms with Crippen molar-refractivity contribution in [2.24, 2.45) is 0 Å². The number of aliphatic hydroxyl groups is 1. The normalized spacial score (nSPS) is 16.0. The third-order valence-corrected chi connectivity index (χ3v) is 5.66. The molecule has 126 valence electrons. The largest absolute Gasteiger partial charge is 0.392 e. The lowest BCUT2D eigenvalue weighted by atomic mass is 9.96. The molecule has 0 aromatic heterocycles. The molecular formula is C18H37O2P. The highest BCUT2D eigenvalue weighted by atomic mass is 31.1. The quantitative estimate of drug-likeness (QED) is 0.276. The van der Waals surface area contributed by atoms with E-state index in [9.17, 15) is 9.67 Å². The molecule has 2 nitrogen and oxygen atoms in total. The van der Waals surface area contributed by atoms with E-state index in [4.69, 9.17) is 0 Å². The summed E-state index contributed by atoms with van der Waals surface area (Å²) in [5, 5.41) is 9.20. The lowest BCUT2D eigenvalue weighted by molar-refractivity contribution is 0.144. The van der Waals surface area contributed by atoms with Crippen LogP contribution in [0.3, 0.4) is 0 Å². The van der Waals surface area contributed by atoms with Crippen LogP contribution in [0.2, 0.25) is 0 Å². The predicted molar refractivity (Wildman–Crippen MR) is 93.4 cm³/mol. The van der Waals surface area contributed by atoms with Gasteiger partial charge in [-0.1, -0.05) is 84.0 Å². The molecule has 3 heteroatoms. The number of hydrogen-bond acceptors (Lipinski definition) is 2. The summed E-state index contributed by atoms with van der Waals surface area (Å²) in [6, 6.07) is 0. The van der Waals surface area contributed by atoms with Crippen molar-refractivity contribution >= 4 is 8.46 Å². The molecule has 0 radical (unpaired) electrons. The molecule has 0 saturated carbocycles. The fraction of sp³-hybridized carbons (Fsp3) is 1.00. The van der Waals surface area contributed by atoms with E-state index in [1.54, 1.807) is 6.92 Å². The summed E-state index contributed by atoms with van der Waals surface area (Å²) in [6.45, 7) is 5.91. The van der Waals surface area contributed by atoms with Crippen LogP contribution in [0.15, 0.2) is 0 Å². The van der Waals surface area contributed by atoms with E-state index >= 15 is 0 Å². The van der Waals surface area contributed by atoms with Crippen LogP contribution in [0.4, 0.5) is 0 Å².